The minimum absolute atomic E-state index is 0.244. The van der Waals surface area contributed by atoms with Gasteiger partial charge in [0, 0.05) is 16.3 Å². The lowest BCUT2D eigenvalue weighted by molar-refractivity contribution is 0.102. The molecule has 2 aliphatic heterocycles. The van der Waals surface area contributed by atoms with Gasteiger partial charge in [0.05, 0.1) is 10.9 Å². The van der Waals surface area contributed by atoms with Crippen LogP contribution in [0.25, 0.3) is 5.69 Å². The maximum atomic E-state index is 12.7. The predicted octanol–water partition coefficient (Wildman–Crippen LogP) is 4.54. The first-order valence-electron chi connectivity index (χ1n) is 9.39. The van der Waals surface area contributed by atoms with E-state index in [1.807, 2.05) is 26.8 Å². The van der Waals surface area contributed by atoms with Crippen molar-refractivity contribution in [2.75, 3.05) is 17.7 Å². The van der Waals surface area contributed by atoms with Crippen LogP contribution in [0.4, 0.5) is 10.2 Å². The molecule has 0 fully saturated rings. The van der Waals surface area contributed by atoms with Crippen molar-refractivity contribution in [3.63, 3.8) is 0 Å². The van der Waals surface area contributed by atoms with Crippen LogP contribution in [-0.4, -0.2) is 32.9 Å². The average molecular weight is 435 g/mol. The van der Waals surface area contributed by atoms with Crippen LogP contribution in [-0.2, 0) is 0 Å². The normalized spacial score (nSPS) is 11.2. The number of hydrogen-bond donors (Lipinski definition) is 1. The first-order chi connectivity index (χ1) is 13.9. The topological polar surface area (TPSA) is 76.9 Å². The Labute approximate surface area is 176 Å². The van der Waals surface area contributed by atoms with Crippen molar-refractivity contribution in [1.29, 1.82) is 0 Å². The highest BCUT2D eigenvalue weighted by molar-refractivity contribution is 8.01. The summed E-state index contributed by atoms with van der Waals surface area (Å²) >= 11 is 3.18. The molecule has 3 heterocycles. The van der Waals surface area contributed by atoms with Gasteiger partial charge < -0.3 is 5.32 Å². The quantitative estimate of drug-likeness (QED) is 0.416. The van der Waals surface area contributed by atoms with E-state index in [1.165, 1.54) is 0 Å². The molecule has 1 amide bonds. The lowest BCUT2D eigenvalue weighted by Gasteiger charge is -2.15. The minimum atomic E-state index is -0.416. The molecule has 0 saturated heterocycles. The third kappa shape index (κ3) is 4.84. The summed E-state index contributed by atoms with van der Waals surface area (Å²) in [5.74, 6) is 0.644. The Morgan fingerprint density at radius 2 is 2.00 bits per heavy atom. The van der Waals surface area contributed by atoms with Crippen LogP contribution in [0.5, 0.6) is 0 Å². The van der Waals surface area contributed by atoms with Gasteiger partial charge in [0.25, 0.3) is 5.91 Å². The molecule has 0 spiro atoms. The second kappa shape index (κ2) is 9.49. The number of halogens is 1. The van der Waals surface area contributed by atoms with Crippen molar-refractivity contribution >= 4 is 34.8 Å². The fourth-order valence-electron chi connectivity index (χ4n) is 2.88. The third-order valence-electron chi connectivity index (χ3n) is 4.49. The summed E-state index contributed by atoms with van der Waals surface area (Å²) in [6, 6.07) is 5.19. The average Bonchev–Trinajstić information content (AvgIpc) is 3.01. The molecule has 0 unspecified atom stereocenters. The summed E-state index contributed by atoms with van der Waals surface area (Å²) < 4.78 is 14.8. The number of nitrogens with one attached hydrogen (secondary N) is 1. The van der Waals surface area contributed by atoms with Gasteiger partial charge in [0.1, 0.15) is 11.4 Å². The number of fused-ring (bicyclic) bond motifs is 1. The first kappa shape index (κ1) is 21.4. The molecule has 9 heteroatoms. The van der Waals surface area contributed by atoms with Crippen molar-refractivity contribution in [3.8, 4) is 5.69 Å². The van der Waals surface area contributed by atoms with Gasteiger partial charge >= 0.3 is 5.69 Å². The Balaban J connectivity index is 1.93. The van der Waals surface area contributed by atoms with E-state index in [0.717, 1.165) is 39.1 Å². The highest BCUT2D eigenvalue weighted by atomic mass is 32.2. The predicted molar refractivity (Wildman–Crippen MR) is 116 cm³/mol. The Morgan fingerprint density at radius 1 is 1.21 bits per heavy atom. The van der Waals surface area contributed by atoms with E-state index in [9.17, 15) is 14.0 Å². The Hall–Kier alpha value is -2.26. The highest BCUT2D eigenvalue weighted by Gasteiger charge is 2.25. The second-order valence-electron chi connectivity index (χ2n) is 6.67. The van der Waals surface area contributed by atoms with Gasteiger partial charge in [-0.15, -0.1) is 23.1 Å². The minimum Gasteiger partial charge on any atom is -0.303 e. The molecule has 6 nitrogen and oxygen atoms in total. The van der Waals surface area contributed by atoms with E-state index in [1.54, 1.807) is 39.8 Å². The van der Waals surface area contributed by atoms with Crippen molar-refractivity contribution in [2.45, 2.75) is 44.2 Å². The smallest absolute Gasteiger partial charge is 0.303 e. The monoisotopic (exact) mass is 434 g/mol. The van der Waals surface area contributed by atoms with Gasteiger partial charge in [-0.1, -0.05) is 12.5 Å². The number of thioether (sulfide) groups is 1. The number of hydrogen-bond acceptors (Lipinski definition) is 6. The summed E-state index contributed by atoms with van der Waals surface area (Å²) in [7, 11) is 0. The number of aromatic nitrogens is 3. The van der Waals surface area contributed by atoms with Crippen molar-refractivity contribution < 1.29 is 9.18 Å². The third-order valence-corrected chi connectivity index (χ3v) is 7.03. The number of carbonyl (C=O) groups excluding carboxylic acids is 1. The van der Waals surface area contributed by atoms with Crippen molar-refractivity contribution in [3.05, 3.63) is 50.6 Å². The van der Waals surface area contributed by atoms with Crippen molar-refractivity contribution in [2.24, 2.45) is 0 Å². The van der Waals surface area contributed by atoms with Gasteiger partial charge in [-0.2, -0.15) is 4.98 Å². The standard InChI is InChI=1S/C20H23FN4O2S2/c1-12-8-7-9-15(22-12)18(26)23-17-16-19(28-11-6-4-5-10-21)29-14(3)13(2)25(16)20(27)24-17/h7-9H,4-6,10-11H2,1-3H3,(H,23,24,26,27). The van der Waals surface area contributed by atoms with Crippen LogP contribution in [0.15, 0.2) is 27.2 Å². The number of amides is 1. The fraction of sp³-hybridized carbons (Fsp3) is 0.400. The number of nitrogens with zero attached hydrogens (tertiary/aromatic N) is 3. The van der Waals surface area contributed by atoms with E-state index >= 15 is 0 Å². The van der Waals surface area contributed by atoms with E-state index in [0.29, 0.717) is 12.1 Å². The van der Waals surface area contributed by atoms with Gasteiger partial charge in [-0.05, 0) is 51.5 Å². The molecule has 1 aromatic rings. The number of alkyl halides is 1. The van der Waals surface area contributed by atoms with Gasteiger partial charge in [-0.3, -0.25) is 13.8 Å². The molecule has 0 radical (unpaired) electrons. The highest BCUT2D eigenvalue weighted by Crippen LogP contribution is 2.38. The van der Waals surface area contributed by atoms with E-state index in [2.05, 4.69) is 15.3 Å². The Bertz CT molecular complexity index is 1050. The summed E-state index contributed by atoms with van der Waals surface area (Å²) in [5.41, 5.74) is 2.00. The number of carbonyl (C=O) groups is 1. The van der Waals surface area contributed by atoms with Crippen LogP contribution in [0.2, 0.25) is 0 Å². The molecule has 0 saturated carbocycles. The summed E-state index contributed by atoms with van der Waals surface area (Å²) in [6.07, 6.45) is 2.27. The second-order valence-corrected chi connectivity index (χ2v) is 9.26. The molecule has 29 heavy (non-hydrogen) atoms. The number of unbranched alkanes of at least 4 members (excludes halogenated alkanes) is 2. The van der Waals surface area contributed by atoms with Crippen LogP contribution in [0.3, 0.4) is 0 Å². The molecule has 0 aromatic carbocycles. The van der Waals surface area contributed by atoms with Crippen LogP contribution >= 0.6 is 23.1 Å². The number of anilines is 1. The first-order valence-corrected chi connectivity index (χ1v) is 11.2. The Kier molecular flexibility index (Phi) is 7.02. The van der Waals surface area contributed by atoms with Crippen molar-refractivity contribution in [1.82, 2.24) is 14.5 Å². The molecule has 2 aliphatic rings. The number of rotatable bonds is 8. The lowest BCUT2D eigenvalue weighted by Crippen LogP contribution is -2.17. The number of imidazole rings is 1. The van der Waals surface area contributed by atoms with Gasteiger partial charge in [0.15, 0.2) is 5.82 Å². The summed E-state index contributed by atoms with van der Waals surface area (Å²) in [4.78, 5) is 34.5. The zero-order valence-electron chi connectivity index (χ0n) is 16.6. The molecular weight excluding hydrogens is 411 g/mol. The zero-order chi connectivity index (χ0) is 21.0. The van der Waals surface area contributed by atoms with E-state index in [4.69, 9.17) is 0 Å². The van der Waals surface area contributed by atoms with Crippen LogP contribution < -0.4 is 11.0 Å². The molecule has 0 bridgehead atoms. The lowest BCUT2D eigenvalue weighted by atomic mass is 10.3. The summed E-state index contributed by atoms with van der Waals surface area (Å²) in [6.45, 7) is 5.34. The van der Waals surface area contributed by atoms with Crippen LogP contribution in [0, 0.1) is 20.8 Å². The maximum Gasteiger partial charge on any atom is 0.354 e. The molecule has 154 valence electrons. The molecule has 1 N–H and O–H groups in total. The molecule has 0 atom stereocenters. The number of aryl methyl sites for hydroxylation is 2. The Morgan fingerprint density at radius 3 is 2.72 bits per heavy atom. The van der Waals surface area contributed by atoms with Gasteiger partial charge in [0.2, 0.25) is 0 Å². The SMILES string of the molecule is Cc1cccc(C(=O)Nc2nc(=O)n3c(C)c(C)sc(SCCCCCF)c2-3)n1. The molecule has 3 rings (SSSR count). The maximum absolute atomic E-state index is 12.7. The van der Waals surface area contributed by atoms with Crippen LogP contribution in [0.1, 0.15) is 46.0 Å². The zero-order valence-corrected chi connectivity index (χ0v) is 18.3. The fourth-order valence-corrected chi connectivity index (χ4v) is 5.40. The van der Waals surface area contributed by atoms with E-state index in [-0.39, 0.29) is 18.2 Å². The molecule has 0 aliphatic carbocycles. The van der Waals surface area contributed by atoms with E-state index < -0.39 is 11.6 Å². The molecular formula is C20H23FN4O2S2. The van der Waals surface area contributed by atoms with Gasteiger partial charge in [-0.25, -0.2) is 9.78 Å². The molecule has 1 aromatic heterocycles. The summed E-state index contributed by atoms with van der Waals surface area (Å²) in [5, 5.41) is 2.76. The largest absolute Gasteiger partial charge is 0.354 e. The number of pyridine rings is 1.